The van der Waals surface area contributed by atoms with Crippen molar-refractivity contribution in [1.29, 1.82) is 0 Å². The highest BCUT2D eigenvalue weighted by atomic mass is 32.2. The fraction of sp³-hybridized carbons (Fsp3) is 0.333. The van der Waals surface area contributed by atoms with Gasteiger partial charge in [0.05, 0.1) is 18.1 Å². The van der Waals surface area contributed by atoms with Crippen molar-refractivity contribution in [1.82, 2.24) is 5.32 Å². The predicted molar refractivity (Wildman–Crippen MR) is 76.5 cm³/mol. The number of benzene rings is 1. The second-order valence-corrected chi connectivity index (χ2v) is 4.95. The number of aliphatic imine (C=N–C) groups is 1. The smallest absolute Gasteiger partial charge is 0.311 e. The summed E-state index contributed by atoms with van der Waals surface area (Å²) in [6.45, 7) is 2.73. The van der Waals surface area contributed by atoms with Gasteiger partial charge in [-0.15, -0.1) is 0 Å². The topological polar surface area (TPSA) is 93.8 Å². The summed E-state index contributed by atoms with van der Waals surface area (Å²) < 4.78 is 5.17. The highest BCUT2D eigenvalue weighted by molar-refractivity contribution is 8.14. The summed E-state index contributed by atoms with van der Waals surface area (Å²) >= 11 is 1.45. The van der Waals surface area contributed by atoms with E-state index in [2.05, 4.69) is 10.3 Å². The molecule has 0 spiro atoms. The molecule has 0 aliphatic carbocycles. The third kappa shape index (κ3) is 3.27. The number of amidine groups is 1. The molecule has 1 aromatic rings. The molecule has 8 heteroatoms. The molecule has 7 nitrogen and oxygen atoms in total. The van der Waals surface area contributed by atoms with Crippen molar-refractivity contribution in [2.75, 3.05) is 18.9 Å². The van der Waals surface area contributed by atoms with Gasteiger partial charge in [-0.3, -0.25) is 19.9 Å². The molecule has 0 saturated heterocycles. The van der Waals surface area contributed by atoms with Gasteiger partial charge in [-0.1, -0.05) is 11.8 Å². The SMILES string of the molecule is CCOc1ccc(C(=O)NC2=NCCS2)cc1[N+](=O)[O-]. The van der Waals surface area contributed by atoms with Gasteiger partial charge < -0.3 is 10.1 Å². The van der Waals surface area contributed by atoms with Crippen molar-refractivity contribution in [3.63, 3.8) is 0 Å². The van der Waals surface area contributed by atoms with Crippen molar-refractivity contribution in [3.05, 3.63) is 33.9 Å². The molecular weight excluding hydrogens is 282 g/mol. The van der Waals surface area contributed by atoms with Crippen LogP contribution < -0.4 is 10.1 Å². The van der Waals surface area contributed by atoms with E-state index in [0.29, 0.717) is 18.3 Å². The number of nitro groups is 1. The summed E-state index contributed by atoms with van der Waals surface area (Å²) in [6.07, 6.45) is 0. The zero-order valence-corrected chi connectivity index (χ0v) is 11.6. The number of rotatable bonds is 4. The number of nitro benzene ring substituents is 1. The van der Waals surface area contributed by atoms with Crippen LogP contribution in [0.25, 0.3) is 0 Å². The summed E-state index contributed by atoms with van der Waals surface area (Å²) in [5, 5.41) is 14.2. The Kier molecular flexibility index (Phi) is 4.57. The van der Waals surface area contributed by atoms with Gasteiger partial charge in [0.2, 0.25) is 0 Å². The van der Waals surface area contributed by atoms with Crippen molar-refractivity contribution in [2.45, 2.75) is 6.92 Å². The number of amides is 1. The number of hydrogen-bond donors (Lipinski definition) is 1. The molecule has 0 unspecified atom stereocenters. The molecule has 1 aromatic carbocycles. The minimum Gasteiger partial charge on any atom is -0.487 e. The Morgan fingerprint density at radius 3 is 3.00 bits per heavy atom. The first-order chi connectivity index (χ1) is 9.61. The molecule has 0 saturated carbocycles. The average Bonchev–Trinajstić information content (AvgIpc) is 2.92. The highest BCUT2D eigenvalue weighted by Gasteiger charge is 2.20. The average molecular weight is 295 g/mol. The fourth-order valence-corrected chi connectivity index (χ4v) is 2.38. The first-order valence-electron chi connectivity index (χ1n) is 6.01. The van der Waals surface area contributed by atoms with Gasteiger partial charge in [-0.05, 0) is 19.1 Å². The van der Waals surface area contributed by atoms with E-state index in [1.807, 2.05) is 0 Å². The maximum atomic E-state index is 12.0. The summed E-state index contributed by atoms with van der Waals surface area (Å²) in [7, 11) is 0. The number of hydrogen-bond acceptors (Lipinski definition) is 6. The molecule has 0 aromatic heterocycles. The maximum absolute atomic E-state index is 12.0. The van der Waals surface area contributed by atoms with Crippen LogP contribution in [-0.4, -0.2) is 34.9 Å². The molecule has 1 aliphatic heterocycles. The number of nitrogens with zero attached hydrogens (tertiary/aromatic N) is 2. The molecule has 20 heavy (non-hydrogen) atoms. The molecular formula is C12H13N3O4S. The molecule has 1 aliphatic rings. The van der Waals surface area contributed by atoms with Crippen LogP contribution in [0, 0.1) is 10.1 Å². The summed E-state index contributed by atoms with van der Waals surface area (Å²) in [5.74, 6) is 0.574. The van der Waals surface area contributed by atoms with E-state index < -0.39 is 10.8 Å². The standard InChI is InChI=1S/C12H13N3O4S/c1-2-19-10-4-3-8(7-9(10)15(17)18)11(16)14-12-13-5-6-20-12/h3-4,7H,2,5-6H2,1H3,(H,13,14,16). The lowest BCUT2D eigenvalue weighted by atomic mass is 10.2. The fourth-order valence-electron chi connectivity index (χ4n) is 1.66. The molecule has 0 fully saturated rings. The molecule has 0 atom stereocenters. The maximum Gasteiger partial charge on any atom is 0.311 e. The van der Waals surface area contributed by atoms with E-state index >= 15 is 0 Å². The van der Waals surface area contributed by atoms with Crippen LogP contribution >= 0.6 is 11.8 Å². The number of thioether (sulfide) groups is 1. The van der Waals surface area contributed by atoms with Crippen LogP contribution in [0.1, 0.15) is 17.3 Å². The molecule has 106 valence electrons. The first-order valence-corrected chi connectivity index (χ1v) is 7.00. The highest BCUT2D eigenvalue weighted by Crippen LogP contribution is 2.28. The van der Waals surface area contributed by atoms with E-state index in [-0.39, 0.29) is 17.0 Å². The van der Waals surface area contributed by atoms with Crippen molar-refractivity contribution < 1.29 is 14.5 Å². The normalized spacial score (nSPS) is 13.8. The quantitative estimate of drug-likeness (QED) is 0.675. The lowest BCUT2D eigenvalue weighted by Gasteiger charge is -2.07. The van der Waals surface area contributed by atoms with Crippen LogP contribution in [0.3, 0.4) is 0 Å². The van der Waals surface area contributed by atoms with Gasteiger partial charge in [0, 0.05) is 17.4 Å². The Labute approximate surface area is 119 Å². The van der Waals surface area contributed by atoms with E-state index in [0.717, 1.165) is 5.75 Å². The van der Waals surface area contributed by atoms with Crippen LogP contribution in [0.15, 0.2) is 23.2 Å². The van der Waals surface area contributed by atoms with Crippen molar-refractivity contribution in [3.8, 4) is 5.75 Å². The van der Waals surface area contributed by atoms with Crippen LogP contribution in [-0.2, 0) is 0 Å². The molecule has 0 radical (unpaired) electrons. The lowest BCUT2D eigenvalue weighted by molar-refractivity contribution is -0.385. The Hall–Kier alpha value is -2.09. The summed E-state index contributed by atoms with van der Waals surface area (Å²) in [6, 6.07) is 4.13. The van der Waals surface area contributed by atoms with Crippen molar-refractivity contribution >= 4 is 28.5 Å². The van der Waals surface area contributed by atoms with Gasteiger partial charge in [-0.2, -0.15) is 0 Å². The van der Waals surface area contributed by atoms with Gasteiger partial charge in [-0.25, -0.2) is 0 Å². The van der Waals surface area contributed by atoms with Gasteiger partial charge in [0.25, 0.3) is 5.91 Å². The molecule has 0 bridgehead atoms. The number of nitrogens with one attached hydrogen (secondary N) is 1. The lowest BCUT2D eigenvalue weighted by Crippen LogP contribution is -2.27. The second-order valence-electron chi connectivity index (χ2n) is 3.86. The van der Waals surface area contributed by atoms with Gasteiger partial charge in [0.1, 0.15) is 0 Å². The monoisotopic (exact) mass is 295 g/mol. The van der Waals surface area contributed by atoms with Crippen LogP contribution in [0.4, 0.5) is 5.69 Å². The molecule has 2 rings (SSSR count). The minimum atomic E-state index is -0.566. The zero-order valence-electron chi connectivity index (χ0n) is 10.8. The van der Waals surface area contributed by atoms with Crippen LogP contribution in [0.2, 0.25) is 0 Å². The largest absolute Gasteiger partial charge is 0.487 e. The van der Waals surface area contributed by atoms with E-state index in [1.54, 1.807) is 6.92 Å². The van der Waals surface area contributed by atoms with E-state index in [9.17, 15) is 14.9 Å². The second kappa shape index (κ2) is 6.38. The Bertz CT molecular complexity index is 574. The minimum absolute atomic E-state index is 0.154. The Morgan fingerprint density at radius 1 is 1.60 bits per heavy atom. The Balaban J connectivity index is 2.21. The third-order valence-corrected chi connectivity index (χ3v) is 3.41. The van der Waals surface area contributed by atoms with E-state index in [4.69, 9.17) is 4.74 Å². The van der Waals surface area contributed by atoms with Crippen molar-refractivity contribution in [2.24, 2.45) is 4.99 Å². The number of ether oxygens (including phenoxy) is 1. The summed E-state index contributed by atoms with van der Waals surface area (Å²) in [5.41, 5.74) is -0.0177. The molecule has 1 heterocycles. The van der Waals surface area contributed by atoms with Crippen LogP contribution in [0.5, 0.6) is 5.75 Å². The number of carbonyl (C=O) groups excluding carboxylic acids is 1. The molecule has 1 amide bonds. The predicted octanol–water partition coefficient (Wildman–Crippen LogP) is 1.83. The zero-order chi connectivity index (χ0) is 14.5. The number of carbonyl (C=O) groups is 1. The summed E-state index contributed by atoms with van der Waals surface area (Å²) in [4.78, 5) is 26.5. The first kappa shape index (κ1) is 14.3. The third-order valence-electron chi connectivity index (χ3n) is 2.52. The van der Waals surface area contributed by atoms with Gasteiger partial charge >= 0.3 is 5.69 Å². The Morgan fingerprint density at radius 2 is 2.40 bits per heavy atom. The molecule has 1 N–H and O–H groups in total. The van der Waals surface area contributed by atoms with E-state index in [1.165, 1.54) is 30.0 Å². The van der Waals surface area contributed by atoms with Gasteiger partial charge in [0.15, 0.2) is 10.9 Å².